The molecule has 1 heterocycles. The monoisotopic (exact) mass is 220 g/mol. The maximum absolute atomic E-state index is 11.9. The number of benzene rings is 1. The molecule has 2 rings (SSSR count). The molecule has 0 unspecified atom stereocenters. The van der Waals surface area contributed by atoms with Crippen LogP contribution in [-0.4, -0.2) is 11.5 Å². The predicted octanol–water partition coefficient (Wildman–Crippen LogP) is 2.99. The summed E-state index contributed by atoms with van der Waals surface area (Å²) >= 11 is 1.59. The Hall–Kier alpha value is -1.22. The van der Waals surface area contributed by atoms with Crippen LogP contribution in [0, 0.1) is 0 Å². The molecule has 1 aliphatic rings. The first kappa shape index (κ1) is 10.3. The molecule has 0 radical (unpaired) electrons. The Labute approximate surface area is 93.3 Å². The molecule has 0 saturated heterocycles. The van der Waals surface area contributed by atoms with Crippen LogP contribution in [0.1, 0.15) is 22.8 Å². The fraction of sp³-hybridized carbons (Fsp3) is 0.250. The van der Waals surface area contributed by atoms with Crippen LogP contribution < -0.4 is 0 Å². The van der Waals surface area contributed by atoms with E-state index in [-0.39, 0.29) is 5.78 Å². The molecule has 0 atom stereocenters. The van der Waals surface area contributed by atoms with Crippen LogP contribution in [0.5, 0.6) is 0 Å². The standard InChI is InChI=1S/C12H12O2S/c1-2-15-8-11-12(13)10-6-4-3-5-9(10)7-14-11/h3-6,8H,2,7H2,1H3. The molecule has 0 saturated carbocycles. The lowest BCUT2D eigenvalue weighted by Gasteiger charge is -2.18. The van der Waals surface area contributed by atoms with Crippen molar-refractivity contribution in [2.45, 2.75) is 13.5 Å². The van der Waals surface area contributed by atoms with Crippen molar-refractivity contribution in [1.29, 1.82) is 0 Å². The second-order valence-electron chi connectivity index (χ2n) is 3.21. The maximum Gasteiger partial charge on any atom is 0.228 e. The van der Waals surface area contributed by atoms with Gasteiger partial charge in [-0.1, -0.05) is 31.2 Å². The molecule has 0 amide bonds. The van der Waals surface area contributed by atoms with Gasteiger partial charge in [-0.15, -0.1) is 11.8 Å². The van der Waals surface area contributed by atoms with E-state index in [0.717, 1.165) is 16.9 Å². The van der Waals surface area contributed by atoms with Gasteiger partial charge in [0.1, 0.15) is 6.61 Å². The highest BCUT2D eigenvalue weighted by atomic mass is 32.2. The third kappa shape index (κ3) is 2.07. The summed E-state index contributed by atoms with van der Waals surface area (Å²) < 4.78 is 5.41. The fourth-order valence-electron chi connectivity index (χ4n) is 1.47. The van der Waals surface area contributed by atoms with E-state index in [0.29, 0.717) is 12.4 Å². The first-order valence-corrected chi connectivity index (χ1v) is 5.95. The summed E-state index contributed by atoms with van der Waals surface area (Å²) in [4.78, 5) is 11.9. The summed E-state index contributed by atoms with van der Waals surface area (Å²) in [6.07, 6.45) is 0. The average Bonchev–Trinajstić information content (AvgIpc) is 2.29. The molecule has 1 aromatic rings. The van der Waals surface area contributed by atoms with Crippen molar-refractivity contribution < 1.29 is 9.53 Å². The normalized spacial score (nSPS) is 17.4. The maximum atomic E-state index is 11.9. The van der Waals surface area contributed by atoms with Crippen LogP contribution in [0.15, 0.2) is 35.4 Å². The van der Waals surface area contributed by atoms with Gasteiger partial charge in [-0.3, -0.25) is 4.79 Å². The number of carbonyl (C=O) groups excluding carboxylic acids is 1. The van der Waals surface area contributed by atoms with E-state index in [4.69, 9.17) is 4.74 Å². The van der Waals surface area contributed by atoms with Crippen LogP contribution in [0.3, 0.4) is 0 Å². The molecule has 1 aromatic carbocycles. The molecule has 15 heavy (non-hydrogen) atoms. The number of fused-ring (bicyclic) bond motifs is 1. The van der Waals surface area contributed by atoms with Gasteiger partial charge >= 0.3 is 0 Å². The molecule has 0 aliphatic carbocycles. The van der Waals surface area contributed by atoms with Gasteiger partial charge in [-0.25, -0.2) is 0 Å². The van der Waals surface area contributed by atoms with E-state index in [1.54, 1.807) is 17.2 Å². The SMILES string of the molecule is CCSC=C1OCc2ccccc2C1=O. The number of thioether (sulfide) groups is 1. The van der Waals surface area contributed by atoms with E-state index >= 15 is 0 Å². The van der Waals surface area contributed by atoms with Crippen molar-refractivity contribution in [2.24, 2.45) is 0 Å². The van der Waals surface area contributed by atoms with Crippen LogP contribution in [0.4, 0.5) is 0 Å². The van der Waals surface area contributed by atoms with E-state index in [1.165, 1.54) is 0 Å². The summed E-state index contributed by atoms with van der Waals surface area (Å²) in [5, 5.41) is 1.80. The highest BCUT2D eigenvalue weighted by molar-refractivity contribution is 8.02. The van der Waals surface area contributed by atoms with Crippen molar-refractivity contribution >= 4 is 17.5 Å². The number of ether oxygens (including phenoxy) is 1. The summed E-state index contributed by atoms with van der Waals surface area (Å²) in [7, 11) is 0. The Morgan fingerprint density at radius 3 is 3.07 bits per heavy atom. The van der Waals surface area contributed by atoms with Crippen LogP contribution in [0.25, 0.3) is 0 Å². The summed E-state index contributed by atoms with van der Waals surface area (Å²) in [6.45, 7) is 2.54. The number of Topliss-reactive ketones (excluding diaryl/α,β-unsaturated/α-hetero) is 1. The summed E-state index contributed by atoms with van der Waals surface area (Å²) in [5.74, 6) is 1.42. The predicted molar refractivity (Wildman–Crippen MR) is 61.8 cm³/mol. The smallest absolute Gasteiger partial charge is 0.228 e. The van der Waals surface area contributed by atoms with Gasteiger partial charge < -0.3 is 4.74 Å². The van der Waals surface area contributed by atoms with Crippen molar-refractivity contribution in [3.05, 3.63) is 46.6 Å². The Kier molecular flexibility index (Phi) is 3.11. The van der Waals surface area contributed by atoms with E-state index < -0.39 is 0 Å². The lowest BCUT2D eigenvalue weighted by molar-refractivity contribution is 0.0866. The highest BCUT2D eigenvalue weighted by Gasteiger charge is 2.22. The molecule has 0 spiro atoms. The summed E-state index contributed by atoms with van der Waals surface area (Å²) in [5.41, 5.74) is 1.74. The molecule has 0 fully saturated rings. The Morgan fingerprint density at radius 1 is 1.47 bits per heavy atom. The van der Waals surface area contributed by atoms with Gasteiger partial charge in [0, 0.05) is 16.5 Å². The van der Waals surface area contributed by atoms with E-state index in [1.807, 2.05) is 31.2 Å². The van der Waals surface area contributed by atoms with Crippen molar-refractivity contribution in [3.63, 3.8) is 0 Å². The number of ketones is 1. The fourth-order valence-corrected chi connectivity index (χ4v) is 1.96. The second-order valence-corrected chi connectivity index (χ2v) is 4.36. The van der Waals surface area contributed by atoms with Gasteiger partial charge in [0.05, 0.1) is 0 Å². The van der Waals surface area contributed by atoms with Crippen LogP contribution in [-0.2, 0) is 11.3 Å². The minimum atomic E-state index is -0.00204. The third-order valence-corrected chi connectivity index (χ3v) is 2.94. The summed E-state index contributed by atoms with van der Waals surface area (Å²) in [6, 6.07) is 7.58. The molecule has 0 bridgehead atoms. The molecule has 0 N–H and O–H groups in total. The van der Waals surface area contributed by atoms with E-state index in [2.05, 4.69) is 0 Å². The lowest BCUT2D eigenvalue weighted by Crippen LogP contribution is -2.15. The van der Waals surface area contributed by atoms with Gasteiger partial charge in [-0.05, 0) is 5.75 Å². The van der Waals surface area contributed by atoms with Crippen molar-refractivity contribution in [2.75, 3.05) is 5.75 Å². The lowest BCUT2D eigenvalue weighted by atomic mass is 10.0. The van der Waals surface area contributed by atoms with Gasteiger partial charge in [0.15, 0.2) is 5.76 Å². The molecular formula is C12H12O2S. The van der Waals surface area contributed by atoms with Crippen LogP contribution in [0.2, 0.25) is 0 Å². The number of carbonyl (C=O) groups is 1. The number of allylic oxidation sites excluding steroid dienone is 1. The zero-order valence-electron chi connectivity index (χ0n) is 8.53. The van der Waals surface area contributed by atoms with Crippen molar-refractivity contribution in [1.82, 2.24) is 0 Å². The van der Waals surface area contributed by atoms with Gasteiger partial charge in [0.2, 0.25) is 5.78 Å². The largest absolute Gasteiger partial charge is 0.484 e. The molecule has 3 heteroatoms. The van der Waals surface area contributed by atoms with Crippen LogP contribution >= 0.6 is 11.8 Å². The zero-order valence-corrected chi connectivity index (χ0v) is 9.34. The number of rotatable bonds is 2. The highest BCUT2D eigenvalue weighted by Crippen LogP contribution is 2.24. The first-order chi connectivity index (χ1) is 7.33. The van der Waals surface area contributed by atoms with E-state index in [9.17, 15) is 4.79 Å². The van der Waals surface area contributed by atoms with Gasteiger partial charge in [-0.2, -0.15) is 0 Å². The minimum absolute atomic E-state index is 0.00204. The quantitative estimate of drug-likeness (QED) is 0.717. The Balaban J connectivity index is 2.30. The van der Waals surface area contributed by atoms with Crippen molar-refractivity contribution in [3.8, 4) is 0 Å². The minimum Gasteiger partial charge on any atom is -0.484 e. The first-order valence-electron chi connectivity index (χ1n) is 4.90. The average molecular weight is 220 g/mol. The van der Waals surface area contributed by atoms with Gasteiger partial charge in [0.25, 0.3) is 0 Å². The molecule has 78 valence electrons. The Morgan fingerprint density at radius 2 is 2.27 bits per heavy atom. The molecule has 2 nitrogen and oxygen atoms in total. The number of hydrogen-bond donors (Lipinski definition) is 0. The number of hydrogen-bond acceptors (Lipinski definition) is 3. The topological polar surface area (TPSA) is 26.3 Å². The molecule has 0 aromatic heterocycles. The second kappa shape index (κ2) is 4.53. The zero-order chi connectivity index (χ0) is 10.7. The third-order valence-electron chi connectivity index (χ3n) is 2.23. The molecule has 1 aliphatic heterocycles. The Bertz CT molecular complexity index is 410. The molecular weight excluding hydrogens is 208 g/mol.